The Morgan fingerprint density at radius 3 is 2.70 bits per heavy atom. The Kier molecular flexibility index (Phi) is 6.97. The SMILES string of the molecule is O=C(NCCc1ccc(F)cc1)c1cc(NCCC2=CCCCC2)ccn1. The van der Waals surface area contributed by atoms with Crippen LogP contribution in [0.1, 0.15) is 48.2 Å². The van der Waals surface area contributed by atoms with Crippen LogP contribution in [-0.4, -0.2) is 24.0 Å². The maximum Gasteiger partial charge on any atom is 0.269 e. The van der Waals surface area contributed by atoms with Crippen molar-refractivity contribution in [3.8, 4) is 0 Å². The van der Waals surface area contributed by atoms with E-state index in [2.05, 4.69) is 21.7 Å². The molecule has 142 valence electrons. The van der Waals surface area contributed by atoms with E-state index in [4.69, 9.17) is 0 Å². The van der Waals surface area contributed by atoms with Crippen LogP contribution in [0.15, 0.2) is 54.2 Å². The molecule has 0 aliphatic heterocycles. The third kappa shape index (κ3) is 6.20. The number of benzene rings is 1. The Labute approximate surface area is 159 Å². The van der Waals surface area contributed by atoms with Crippen molar-refractivity contribution in [3.05, 3.63) is 71.3 Å². The second kappa shape index (κ2) is 9.86. The van der Waals surface area contributed by atoms with E-state index < -0.39 is 0 Å². The third-order valence-electron chi connectivity index (χ3n) is 4.77. The zero-order valence-electron chi connectivity index (χ0n) is 15.5. The van der Waals surface area contributed by atoms with Crippen molar-refractivity contribution in [2.24, 2.45) is 0 Å². The first-order chi connectivity index (χ1) is 13.2. The molecule has 0 unspecified atom stereocenters. The van der Waals surface area contributed by atoms with Gasteiger partial charge in [0, 0.05) is 25.0 Å². The van der Waals surface area contributed by atoms with Gasteiger partial charge >= 0.3 is 0 Å². The summed E-state index contributed by atoms with van der Waals surface area (Å²) in [6.45, 7) is 1.35. The summed E-state index contributed by atoms with van der Waals surface area (Å²) < 4.78 is 12.9. The van der Waals surface area contributed by atoms with Crippen LogP contribution in [0.4, 0.5) is 10.1 Å². The average molecular weight is 367 g/mol. The number of nitrogens with one attached hydrogen (secondary N) is 2. The van der Waals surface area contributed by atoms with Gasteiger partial charge in [-0.25, -0.2) is 4.39 Å². The molecular weight excluding hydrogens is 341 g/mol. The molecule has 1 aliphatic rings. The second-order valence-corrected chi connectivity index (χ2v) is 6.85. The van der Waals surface area contributed by atoms with E-state index in [0.717, 1.165) is 24.2 Å². The molecule has 1 aromatic carbocycles. The quantitative estimate of drug-likeness (QED) is 0.676. The van der Waals surface area contributed by atoms with E-state index in [1.165, 1.54) is 43.4 Å². The number of nitrogens with zero attached hydrogens (tertiary/aromatic N) is 1. The number of anilines is 1. The van der Waals surface area contributed by atoms with Gasteiger partial charge in [0.15, 0.2) is 0 Å². The molecule has 1 aromatic heterocycles. The molecule has 0 bridgehead atoms. The number of hydrogen-bond donors (Lipinski definition) is 2. The average Bonchev–Trinajstić information content (AvgIpc) is 2.70. The predicted molar refractivity (Wildman–Crippen MR) is 106 cm³/mol. The lowest BCUT2D eigenvalue weighted by atomic mass is 9.97. The van der Waals surface area contributed by atoms with Crippen LogP contribution >= 0.6 is 0 Å². The summed E-state index contributed by atoms with van der Waals surface area (Å²) in [4.78, 5) is 16.5. The zero-order chi connectivity index (χ0) is 18.9. The summed E-state index contributed by atoms with van der Waals surface area (Å²) in [7, 11) is 0. The number of rotatable bonds is 8. The smallest absolute Gasteiger partial charge is 0.269 e. The number of halogens is 1. The number of allylic oxidation sites excluding steroid dienone is 1. The molecule has 27 heavy (non-hydrogen) atoms. The summed E-state index contributed by atoms with van der Waals surface area (Å²) >= 11 is 0. The predicted octanol–water partition coefficient (Wildman–Crippen LogP) is 4.50. The third-order valence-corrected chi connectivity index (χ3v) is 4.77. The Hall–Kier alpha value is -2.69. The number of amides is 1. The van der Waals surface area contributed by atoms with Crippen LogP contribution in [0.3, 0.4) is 0 Å². The molecule has 1 heterocycles. The van der Waals surface area contributed by atoms with Gasteiger partial charge in [0.1, 0.15) is 11.5 Å². The van der Waals surface area contributed by atoms with Crippen LogP contribution in [0.5, 0.6) is 0 Å². The fraction of sp³-hybridized carbons (Fsp3) is 0.364. The Balaban J connectivity index is 1.44. The van der Waals surface area contributed by atoms with Gasteiger partial charge < -0.3 is 10.6 Å². The van der Waals surface area contributed by atoms with Crippen molar-refractivity contribution in [1.82, 2.24) is 10.3 Å². The molecule has 5 heteroatoms. The zero-order valence-corrected chi connectivity index (χ0v) is 15.5. The van der Waals surface area contributed by atoms with Gasteiger partial charge in [-0.15, -0.1) is 0 Å². The number of carbonyl (C=O) groups is 1. The Morgan fingerprint density at radius 2 is 1.93 bits per heavy atom. The standard InChI is InChI=1S/C22H26FN3O/c23-19-8-6-18(7-9-19)11-14-26-22(27)21-16-20(12-15-25-21)24-13-10-17-4-2-1-3-5-17/h4,6-9,12,15-16H,1-3,5,10-11,13-14H2,(H,24,25)(H,26,27). The molecule has 0 radical (unpaired) electrons. The summed E-state index contributed by atoms with van der Waals surface area (Å²) in [6.07, 6.45) is 10.7. The molecule has 2 aromatic rings. The largest absolute Gasteiger partial charge is 0.385 e. The topological polar surface area (TPSA) is 54.0 Å². The van der Waals surface area contributed by atoms with Crippen molar-refractivity contribution in [3.63, 3.8) is 0 Å². The maximum absolute atomic E-state index is 12.9. The Morgan fingerprint density at radius 1 is 1.07 bits per heavy atom. The van der Waals surface area contributed by atoms with Gasteiger partial charge in [-0.3, -0.25) is 9.78 Å². The first-order valence-electron chi connectivity index (χ1n) is 9.61. The molecule has 1 aliphatic carbocycles. The molecule has 0 atom stereocenters. The molecule has 0 saturated heterocycles. The van der Waals surface area contributed by atoms with Gasteiger partial charge in [0.25, 0.3) is 5.91 Å². The highest BCUT2D eigenvalue weighted by molar-refractivity contribution is 5.93. The highest BCUT2D eigenvalue weighted by Crippen LogP contribution is 2.20. The lowest BCUT2D eigenvalue weighted by molar-refractivity contribution is 0.0949. The monoisotopic (exact) mass is 367 g/mol. The number of aromatic nitrogens is 1. The molecule has 3 rings (SSSR count). The highest BCUT2D eigenvalue weighted by atomic mass is 19.1. The number of hydrogen-bond acceptors (Lipinski definition) is 3. The van der Waals surface area contributed by atoms with E-state index in [-0.39, 0.29) is 11.7 Å². The summed E-state index contributed by atoms with van der Waals surface area (Å²) in [5.41, 5.74) is 3.82. The van der Waals surface area contributed by atoms with Crippen LogP contribution in [0.25, 0.3) is 0 Å². The first kappa shape index (κ1) is 19.1. The van der Waals surface area contributed by atoms with Crippen LogP contribution in [-0.2, 0) is 6.42 Å². The van der Waals surface area contributed by atoms with E-state index in [1.54, 1.807) is 24.4 Å². The van der Waals surface area contributed by atoms with Crippen LogP contribution in [0.2, 0.25) is 0 Å². The van der Waals surface area contributed by atoms with Gasteiger partial charge in [0.05, 0.1) is 0 Å². The molecule has 0 spiro atoms. The van der Waals surface area contributed by atoms with E-state index in [0.29, 0.717) is 18.7 Å². The van der Waals surface area contributed by atoms with Gasteiger partial charge in [0.2, 0.25) is 0 Å². The molecular formula is C22H26FN3O. The minimum atomic E-state index is -0.254. The molecule has 0 saturated carbocycles. The molecule has 1 amide bonds. The van der Waals surface area contributed by atoms with Gasteiger partial charge in [-0.1, -0.05) is 23.8 Å². The molecule has 4 nitrogen and oxygen atoms in total. The number of carbonyl (C=O) groups excluding carboxylic acids is 1. The van der Waals surface area contributed by atoms with Crippen molar-refractivity contribution in [2.45, 2.75) is 38.5 Å². The highest BCUT2D eigenvalue weighted by Gasteiger charge is 2.08. The minimum absolute atomic E-state index is 0.198. The summed E-state index contributed by atoms with van der Waals surface area (Å²) in [5, 5.41) is 6.24. The fourth-order valence-electron chi connectivity index (χ4n) is 3.23. The van der Waals surface area contributed by atoms with Gasteiger partial charge in [-0.05, 0) is 68.4 Å². The summed E-state index contributed by atoms with van der Waals surface area (Å²) in [5.74, 6) is -0.452. The van der Waals surface area contributed by atoms with Crippen molar-refractivity contribution in [1.29, 1.82) is 0 Å². The van der Waals surface area contributed by atoms with E-state index in [1.807, 2.05) is 6.07 Å². The normalized spacial score (nSPS) is 13.7. The minimum Gasteiger partial charge on any atom is -0.385 e. The van der Waals surface area contributed by atoms with Crippen molar-refractivity contribution >= 4 is 11.6 Å². The van der Waals surface area contributed by atoms with Crippen molar-refractivity contribution < 1.29 is 9.18 Å². The van der Waals surface area contributed by atoms with E-state index in [9.17, 15) is 9.18 Å². The molecule has 0 fully saturated rings. The van der Waals surface area contributed by atoms with Crippen LogP contribution < -0.4 is 10.6 Å². The van der Waals surface area contributed by atoms with Crippen molar-refractivity contribution in [2.75, 3.05) is 18.4 Å². The van der Waals surface area contributed by atoms with Crippen LogP contribution in [0, 0.1) is 5.82 Å². The number of pyridine rings is 1. The molecule has 2 N–H and O–H groups in total. The Bertz CT molecular complexity index is 786. The maximum atomic E-state index is 12.9. The summed E-state index contributed by atoms with van der Waals surface area (Å²) in [6, 6.07) is 9.97. The van der Waals surface area contributed by atoms with E-state index >= 15 is 0 Å². The lowest BCUT2D eigenvalue weighted by Crippen LogP contribution is -2.26. The first-order valence-corrected chi connectivity index (χ1v) is 9.61. The second-order valence-electron chi connectivity index (χ2n) is 6.85. The lowest BCUT2D eigenvalue weighted by Gasteiger charge is -2.13. The fourth-order valence-corrected chi connectivity index (χ4v) is 3.23. The van der Waals surface area contributed by atoms with Gasteiger partial charge in [-0.2, -0.15) is 0 Å².